The summed E-state index contributed by atoms with van der Waals surface area (Å²) < 4.78 is 5.77. The van der Waals surface area contributed by atoms with Gasteiger partial charge in [-0.25, -0.2) is 0 Å². The number of anilines is 1. The molecule has 1 N–H and O–H groups in total. The van der Waals surface area contributed by atoms with Gasteiger partial charge in [-0.05, 0) is 50.1 Å². The summed E-state index contributed by atoms with van der Waals surface area (Å²) in [7, 11) is 0. The van der Waals surface area contributed by atoms with E-state index in [-0.39, 0.29) is 16.1 Å². The van der Waals surface area contributed by atoms with E-state index in [1.54, 1.807) is 36.4 Å². The van der Waals surface area contributed by atoms with E-state index in [0.717, 1.165) is 12.8 Å². The van der Waals surface area contributed by atoms with Crippen molar-refractivity contribution in [2.75, 3.05) is 5.32 Å². The Morgan fingerprint density at radius 3 is 2.25 bits per heavy atom. The molecule has 2 aromatic carbocycles. The third-order valence-corrected chi connectivity index (χ3v) is 4.46. The van der Waals surface area contributed by atoms with Crippen LogP contribution in [0.2, 0.25) is 5.02 Å². The molecule has 0 atom stereocenters. The van der Waals surface area contributed by atoms with E-state index in [1.165, 1.54) is 6.07 Å². The van der Waals surface area contributed by atoms with Gasteiger partial charge in [-0.1, -0.05) is 25.4 Å². The lowest BCUT2D eigenvalue weighted by atomic mass is 9.95. The number of rotatable bonds is 7. The van der Waals surface area contributed by atoms with Crippen LogP contribution in [0, 0.1) is 10.1 Å². The second kappa shape index (κ2) is 7.53. The molecule has 128 valence electrons. The lowest BCUT2D eigenvalue weighted by Gasteiger charge is -2.29. The topological polar surface area (TPSA) is 64.4 Å². The highest BCUT2D eigenvalue weighted by Gasteiger charge is 2.24. The van der Waals surface area contributed by atoms with E-state index < -0.39 is 0 Å². The molecule has 0 amide bonds. The van der Waals surface area contributed by atoms with Crippen LogP contribution in [0.25, 0.3) is 0 Å². The molecule has 0 aliphatic heterocycles. The van der Waals surface area contributed by atoms with Gasteiger partial charge in [0, 0.05) is 22.7 Å². The summed E-state index contributed by atoms with van der Waals surface area (Å²) in [6.45, 7) is 6.15. The highest BCUT2D eigenvalue weighted by molar-refractivity contribution is 6.30. The predicted molar refractivity (Wildman–Crippen MR) is 97.2 cm³/mol. The molecule has 0 radical (unpaired) electrons. The number of nitro benzene ring substituents is 1. The summed E-state index contributed by atoms with van der Waals surface area (Å²) in [4.78, 5) is 10.9. The molecule has 0 aliphatic carbocycles. The molecule has 0 saturated heterocycles. The fourth-order valence-electron chi connectivity index (χ4n) is 2.23. The number of ether oxygens (including phenoxy) is 1. The Hall–Kier alpha value is -2.27. The maximum Gasteiger partial charge on any atom is 0.292 e. The largest absolute Gasteiger partial charge is 0.457 e. The van der Waals surface area contributed by atoms with Crippen molar-refractivity contribution < 1.29 is 9.66 Å². The van der Waals surface area contributed by atoms with Crippen molar-refractivity contribution in [3.8, 4) is 11.5 Å². The Balaban J connectivity index is 2.33. The highest BCUT2D eigenvalue weighted by Crippen LogP contribution is 2.34. The summed E-state index contributed by atoms with van der Waals surface area (Å²) >= 11 is 5.86. The van der Waals surface area contributed by atoms with Gasteiger partial charge in [-0.15, -0.1) is 0 Å². The van der Waals surface area contributed by atoms with E-state index in [0.29, 0.717) is 22.2 Å². The molecule has 0 fully saturated rings. The predicted octanol–water partition coefficient (Wildman–Crippen LogP) is 6.03. The van der Waals surface area contributed by atoms with Crippen LogP contribution in [0.1, 0.15) is 33.6 Å². The Labute approximate surface area is 146 Å². The quantitative estimate of drug-likeness (QED) is 0.490. The van der Waals surface area contributed by atoms with Crippen LogP contribution >= 0.6 is 11.6 Å². The highest BCUT2D eigenvalue weighted by atomic mass is 35.5. The summed E-state index contributed by atoms with van der Waals surface area (Å²) in [5.74, 6) is 1.15. The molecule has 0 aliphatic rings. The van der Waals surface area contributed by atoms with E-state index in [4.69, 9.17) is 16.3 Å². The van der Waals surface area contributed by atoms with E-state index >= 15 is 0 Å². The fraction of sp³-hybridized carbons (Fsp3) is 0.333. The molecule has 2 rings (SSSR count). The molecule has 0 aromatic heterocycles. The van der Waals surface area contributed by atoms with Crippen LogP contribution in [0.4, 0.5) is 11.4 Å². The summed E-state index contributed by atoms with van der Waals surface area (Å²) in [6.07, 6.45) is 1.70. The first-order chi connectivity index (χ1) is 11.4. The third kappa shape index (κ3) is 4.38. The first-order valence-electron chi connectivity index (χ1n) is 7.87. The zero-order chi connectivity index (χ0) is 17.7. The average molecular weight is 349 g/mol. The monoisotopic (exact) mass is 348 g/mol. The maximum atomic E-state index is 11.3. The van der Waals surface area contributed by atoms with Crippen molar-refractivity contribution in [1.82, 2.24) is 0 Å². The molecule has 0 unspecified atom stereocenters. The van der Waals surface area contributed by atoms with Gasteiger partial charge in [0.05, 0.1) is 4.92 Å². The standard InChI is InChI=1S/C18H21ClN2O3/c1-4-18(3,5-2)20-16-12-15(10-11-17(16)21(22)23)24-14-8-6-13(19)7-9-14/h6-12,20H,4-5H2,1-3H3. The summed E-state index contributed by atoms with van der Waals surface area (Å²) in [5, 5.41) is 15.2. The number of halogens is 1. The van der Waals surface area contributed by atoms with Crippen molar-refractivity contribution >= 4 is 23.0 Å². The van der Waals surface area contributed by atoms with Gasteiger partial charge in [-0.3, -0.25) is 10.1 Å². The van der Waals surface area contributed by atoms with Crippen LogP contribution in [0.5, 0.6) is 11.5 Å². The number of nitrogens with one attached hydrogen (secondary N) is 1. The minimum atomic E-state index is -0.389. The lowest BCUT2D eigenvalue weighted by molar-refractivity contribution is -0.384. The molecule has 24 heavy (non-hydrogen) atoms. The molecule has 5 nitrogen and oxygen atoms in total. The van der Waals surface area contributed by atoms with E-state index in [1.807, 2.05) is 6.92 Å². The summed E-state index contributed by atoms with van der Waals surface area (Å²) in [6, 6.07) is 11.7. The number of nitro groups is 1. The molecule has 0 saturated carbocycles. The Kier molecular flexibility index (Phi) is 5.67. The molecule has 0 heterocycles. The number of hydrogen-bond donors (Lipinski definition) is 1. The van der Waals surface area contributed by atoms with Crippen LogP contribution in [0.3, 0.4) is 0 Å². The van der Waals surface area contributed by atoms with Crippen LogP contribution < -0.4 is 10.1 Å². The Bertz CT molecular complexity index is 713. The smallest absolute Gasteiger partial charge is 0.292 e. The van der Waals surface area contributed by atoms with Gasteiger partial charge in [0.1, 0.15) is 17.2 Å². The van der Waals surface area contributed by atoms with Crippen LogP contribution in [-0.4, -0.2) is 10.5 Å². The van der Waals surface area contributed by atoms with E-state index in [2.05, 4.69) is 19.2 Å². The zero-order valence-electron chi connectivity index (χ0n) is 14.0. The van der Waals surface area contributed by atoms with Gasteiger partial charge in [0.25, 0.3) is 5.69 Å². The van der Waals surface area contributed by atoms with Crippen LogP contribution in [-0.2, 0) is 0 Å². The Morgan fingerprint density at radius 1 is 1.12 bits per heavy atom. The van der Waals surface area contributed by atoms with E-state index in [9.17, 15) is 10.1 Å². The van der Waals surface area contributed by atoms with Crippen molar-refractivity contribution in [3.63, 3.8) is 0 Å². The van der Waals surface area contributed by atoms with Gasteiger partial charge in [0.15, 0.2) is 0 Å². The normalized spacial score (nSPS) is 11.2. The molecule has 0 bridgehead atoms. The molecule has 6 heteroatoms. The molecular formula is C18H21ClN2O3. The second-order valence-electron chi connectivity index (χ2n) is 5.88. The minimum Gasteiger partial charge on any atom is -0.457 e. The number of hydrogen-bond acceptors (Lipinski definition) is 4. The van der Waals surface area contributed by atoms with Gasteiger partial charge in [0.2, 0.25) is 0 Å². The van der Waals surface area contributed by atoms with Gasteiger partial charge < -0.3 is 10.1 Å². The van der Waals surface area contributed by atoms with Crippen molar-refractivity contribution in [2.24, 2.45) is 0 Å². The first-order valence-corrected chi connectivity index (χ1v) is 8.24. The fourth-order valence-corrected chi connectivity index (χ4v) is 2.35. The zero-order valence-corrected chi connectivity index (χ0v) is 14.8. The summed E-state index contributed by atoms with van der Waals surface area (Å²) in [5.41, 5.74) is 0.271. The van der Waals surface area contributed by atoms with Gasteiger partial charge >= 0.3 is 0 Å². The van der Waals surface area contributed by atoms with Crippen molar-refractivity contribution in [3.05, 3.63) is 57.6 Å². The first kappa shape index (κ1) is 18.1. The SMILES string of the molecule is CCC(C)(CC)Nc1cc(Oc2ccc(Cl)cc2)ccc1[N+](=O)[O-]. The maximum absolute atomic E-state index is 11.3. The molecule has 0 spiro atoms. The van der Waals surface area contributed by atoms with Gasteiger partial charge in [-0.2, -0.15) is 0 Å². The van der Waals surface area contributed by atoms with Crippen molar-refractivity contribution in [2.45, 2.75) is 39.2 Å². The number of nitrogens with zero attached hydrogens (tertiary/aromatic N) is 1. The third-order valence-electron chi connectivity index (χ3n) is 4.21. The average Bonchev–Trinajstić information content (AvgIpc) is 2.57. The lowest BCUT2D eigenvalue weighted by Crippen LogP contribution is -2.33. The van der Waals surface area contributed by atoms with Crippen LogP contribution in [0.15, 0.2) is 42.5 Å². The second-order valence-corrected chi connectivity index (χ2v) is 6.32. The van der Waals surface area contributed by atoms with Crippen molar-refractivity contribution in [1.29, 1.82) is 0 Å². The minimum absolute atomic E-state index is 0.0339. The molecular weight excluding hydrogens is 328 g/mol. The number of benzene rings is 2. The molecule has 2 aromatic rings. The Morgan fingerprint density at radius 2 is 1.71 bits per heavy atom.